The van der Waals surface area contributed by atoms with Crippen molar-refractivity contribution in [1.82, 2.24) is 10.2 Å². The number of benzene rings is 3. The summed E-state index contributed by atoms with van der Waals surface area (Å²) in [7, 11) is 0. The lowest BCUT2D eigenvalue weighted by Gasteiger charge is -2.11. The predicted molar refractivity (Wildman–Crippen MR) is 98.3 cm³/mol. The van der Waals surface area contributed by atoms with Crippen LogP contribution >= 0.6 is 0 Å². The van der Waals surface area contributed by atoms with Crippen LogP contribution in [0.15, 0.2) is 91.0 Å². The van der Waals surface area contributed by atoms with E-state index in [1.54, 1.807) is 12.1 Å². The first kappa shape index (κ1) is 15.2. The Bertz CT molecular complexity index is 981. The van der Waals surface area contributed by atoms with Crippen LogP contribution in [0.25, 0.3) is 33.6 Å². The largest absolute Gasteiger partial charge is 0.207 e. The molecule has 0 saturated heterocycles. The normalized spacial score (nSPS) is 10.6. The highest BCUT2D eigenvalue weighted by Crippen LogP contribution is 2.32. The van der Waals surface area contributed by atoms with Crippen molar-refractivity contribution in [2.75, 3.05) is 0 Å². The van der Waals surface area contributed by atoms with Crippen molar-refractivity contribution in [2.45, 2.75) is 0 Å². The van der Waals surface area contributed by atoms with Gasteiger partial charge >= 0.3 is 0 Å². The lowest BCUT2D eigenvalue weighted by molar-refractivity contribution is 0.628. The molecule has 3 heteroatoms. The van der Waals surface area contributed by atoms with Crippen LogP contribution in [0.2, 0.25) is 0 Å². The molecule has 120 valence electrons. The van der Waals surface area contributed by atoms with Gasteiger partial charge in [-0.05, 0) is 35.9 Å². The molecule has 0 N–H and O–H groups in total. The zero-order chi connectivity index (χ0) is 17.1. The maximum Gasteiger partial charge on any atom is 0.123 e. The third kappa shape index (κ3) is 3.17. The van der Waals surface area contributed by atoms with E-state index in [0.717, 1.165) is 33.6 Å². The van der Waals surface area contributed by atoms with Gasteiger partial charge in [-0.2, -0.15) is 0 Å². The number of halogens is 1. The summed E-state index contributed by atoms with van der Waals surface area (Å²) in [5.74, 6) is -0.265. The minimum atomic E-state index is -0.265. The van der Waals surface area contributed by atoms with E-state index < -0.39 is 0 Å². The van der Waals surface area contributed by atoms with E-state index in [0.29, 0.717) is 0 Å². The van der Waals surface area contributed by atoms with Crippen LogP contribution in [0, 0.1) is 5.82 Å². The zero-order valence-electron chi connectivity index (χ0n) is 13.4. The first-order chi connectivity index (χ1) is 12.3. The molecule has 0 radical (unpaired) electrons. The van der Waals surface area contributed by atoms with Crippen molar-refractivity contribution in [1.29, 1.82) is 0 Å². The molecule has 4 rings (SSSR count). The van der Waals surface area contributed by atoms with Gasteiger partial charge in [0.1, 0.15) is 11.5 Å². The number of nitrogens with zero attached hydrogens (tertiary/aromatic N) is 2. The molecular formula is C22H15FN2. The summed E-state index contributed by atoms with van der Waals surface area (Å²) in [6, 6.07) is 28.4. The maximum absolute atomic E-state index is 13.3. The second-order valence-corrected chi connectivity index (χ2v) is 5.73. The molecule has 0 aliphatic rings. The molecule has 3 aromatic carbocycles. The van der Waals surface area contributed by atoms with E-state index in [9.17, 15) is 4.39 Å². The van der Waals surface area contributed by atoms with Crippen molar-refractivity contribution in [3.63, 3.8) is 0 Å². The summed E-state index contributed by atoms with van der Waals surface area (Å²) < 4.78 is 13.3. The molecule has 0 aliphatic heterocycles. The molecule has 4 aromatic rings. The van der Waals surface area contributed by atoms with Crippen LogP contribution in [0.4, 0.5) is 4.39 Å². The summed E-state index contributed by atoms with van der Waals surface area (Å²) in [5, 5.41) is 8.85. The van der Waals surface area contributed by atoms with Crippen LogP contribution in [0.5, 0.6) is 0 Å². The van der Waals surface area contributed by atoms with E-state index in [2.05, 4.69) is 10.2 Å². The molecule has 1 heterocycles. The van der Waals surface area contributed by atoms with E-state index in [1.165, 1.54) is 12.1 Å². The Morgan fingerprint density at radius 2 is 1.16 bits per heavy atom. The second kappa shape index (κ2) is 6.65. The van der Waals surface area contributed by atoms with E-state index >= 15 is 0 Å². The van der Waals surface area contributed by atoms with Crippen molar-refractivity contribution in [3.05, 3.63) is 96.8 Å². The van der Waals surface area contributed by atoms with Crippen molar-refractivity contribution >= 4 is 0 Å². The molecule has 0 unspecified atom stereocenters. The average Bonchev–Trinajstić information content (AvgIpc) is 2.70. The molecule has 0 amide bonds. The maximum atomic E-state index is 13.3. The number of hydrogen-bond donors (Lipinski definition) is 0. The van der Waals surface area contributed by atoms with Gasteiger partial charge in [-0.3, -0.25) is 0 Å². The minimum Gasteiger partial charge on any atom is -0.207 e. The highest BCUT2D eigenvalue weighted by atomic mass is 19.1. The monoisotopic (exact) mass is 326 g/mol. The molecule has 2 nitrogen and oxygen atoms in total. The molecule has 25 heavy (non-hydrogen) atoms. The van der Waals surface area contributed by atoms with Crippen LogP contribution in [0.3, 0.4) is 0 Å². The van der Waals surface area contributed by atoms with Gasteiger partial charge in [-0.1, -0.05) is 60.7 Å². The topological polar surface area (TPSA) is 25.8 Å². The number of rotatable bonds is 3. The first-order valence-electron chi connectivity index (χ1n) is 8.06. The highest BCUT2D eigenvalue weighted by Gasteiger charge is 2.12. The Morgan fingerprint density at radius 1 is 0.560 bits per heavy atom. The van der Waals surface area contributed by atoms with Gasteiger partial charge in [-0.25, -0.2) is 4.39 Å². The van der Waals surface area contributed by atoms with Gasteiger partial charge in [0.2, 0.25) is 0 Å². The van der Waals surface area contributed by atoms with E-state index in [-0.39, 0.29) is 5.82 Å². The SMILES string of the molecule is Fc1ccc(-c2nnc(-c3ccccc3)cc2-c2ccccc2)cc1. The quantitative estimate of drug-likeness (QED) is 0.488. The minimum absolute atomic E-state index is 0.265. The smallest absolute Gasteiger partial charge is 0.123 e. The fourth-order valence-electron chi connectivity index (χ4n) is 2.80. The first-order valence-corrected chi connectivity index (χ1v) is 8.06. The van der Waals surface area contributed by atoms with Crippen molar-refractivity contribution in [3.8, 4) is 33.6 Å². The molecular weight excluding hydrogens is 311 g/mol. The molecule has 0 spiro atoms. The summed E-state index contributed by atoms with van der Waals surface area (Å²) in [6.45, 7) is 0. The van der Waals surface area contributed by atoms with Crippen LogP contribution in [0.1, 0.15) is 0 Å². The van der Waals surface area contributed by atoms with Crippen molar-refractivity contribution in [2.24, 2.45) is 0 Å². The third-order valence-corrected chi connectivity index (χ3v) is 4.07. The molecule has 0 saturated carbocycles. The Kier molecular flexibility index (Phi) is 4.05. The van der Waals surface area contributed by atoms with E-state index in [4.69, 9.17) is 0 Å². The van der Waals surface area contributed by atoms with Gasteiger partial charge in [0.25, 0.3) is 0 Å². The number of aromatic nitrogens is 2. The Hall–Kier alpha value is -3.33. The molecule has 0 atom stereocenters. The van der Waals surface area contributed by atoms with Crippen molar-refractivity contribution < 1.29 is 4.39 Å². The van der Waals surface area contributed by atoms with Crippen LogP contribution < -0.4 is 0 Å². The van der Waals surface area contributed by atoms with E-state index in [1.807, 2.05) is 66.7 Å². The Labute approximate surface area is 145 Å². The lowest BCUT2D eigenvalue weighted by atomic mass is 9.98. The van der Waals surface area contributed by atoms with Gasteiger partial charge in [-0.15, -0.1) is 10.2 Å². The number of hydrogen-bond acceptors (Lipinski definition) is 2. The van der Waals surface area contributed by atoms with Crippen LogP contribution in [-0.4, -0.2) is 10.2 Å². The molecule has 0 bridgehead atoms. The summed E-state index contributed by atoms with van der Waals surface area (Å²) in [6.07, 6.45) is 0. The average molecular weight is 326 g/mol. The van der Waals surface area contributed by atoms with Crippen LogP contribution in [-0.2, 0) is 0 Å². The fraction of sp³-hybridized carbons (Fsp3) is 0. The molecule has 0 fully saturated rings. The third-order valence-electron chi connectivity index (χ3n) is 4.07. The summed E-state index contributed by atoms with van der Waals surface area (Å²) in [4.78, 5) is 0. The Morgan fingerprint density at radius 3 is 1.80 bits per heavy atom. The summed E-state index contributed by atoms with van der Waals surface area (Å²) in [5.41, 5.74) is 5.43. The van der Waals surface area contributed by atoms with Gasteiger partial charge in [0.15, 0.2) is 0 Å². The highest BCUT2D eigenvalue weighted by molar-refractivity contribution is 5.82. The predicted octanol–water partition coefficient (Wildman–Crippen LogP) is 5.62. The van der Waals surface area contributed by atoms with Gasteiger partial charge in [0.05, 0.1) is 5.69 Å². The fourth-order valence-corrected chi connectivity index (χ4v) is 2.80. The molecule has 0 aliphatic carbocycles. The standard InChI is InChI=1S/C22H15FN2/c23-19-13-11-18(12-14-19)22-20(16-7-3-1-4-8-16)15-21(24-25-22)17-9-5-2-6-10-17/h1-15H. The lowest BCUT2D eigenvalue weighted by Crippen LogP contribution is -1.95. The van der Waals surface area contributed by atoms with Gasteiger partial charge in [0, 0.05) is 16.7 Å². The summed E-state index contributed by atoms with van der Waals surface area (Å²) >= 11 is 0. The zero-order valence-corrected chi connectivity index (χ0v) is 13.4. The molecule has 1 aromatic heterocycles. The van der Waals surface area contributed by atoms with Gasteiger partial charge < -0.3 is 0 Å². The Balaban J connectivity index is 1.91. The second-order valence-electron chi connectivity index (χ2n) is 5.73.